The Hall–Kier alpha value is -1.67. The molecular weight excluding hydrogens is 417 g/mol. The highest BCUT2D eigenvalue weighted by Gasteiger charge is 2.37. The molecule has 0 radical (unpaired) electrons. The summed E-state index contributed by atoms with van der Waals surface area (Å²) in [5, 5.41) is 6.99. The van der Waals surface area contributed by atoms with Crippen LogP contribution in [-0.4, -0.2) is 36.4 Å². The van der Waals surface area contributed by atoms with Gasteiger partial charge in [0.25, 0.3) is 0 Å². The van der Waals surface area contributed by atoms with Crippen LogP contribution < -0.4 is 22.1 Å². The molecule has 2 fully saturated rings. The Bertz CT molecular complexity index is 862. The number of aromatic nitrogens is 1. The van der Waals surface area contributed by atoms with E-state index in [1.165, 1.54) is 6.07 Å². The number of nitrogens with one attached hydrogen (secondary N) is 2. The van der Waals surface area contributed by atoms with Crippen LogP contribution in [0.25, 0.3) is 5.57 Å². The number of allylic oxidation sites excluding steroid dienone is 2. The van der Waals surface area contributed by atoms with Gasteiger partial charge in [0.15, 0.2) is 11.6 Å². The minimum Gasteiger partial charge on any atom is -0.381 e. The van der Waals surface area contributed by atoms with Crippen molar-refractivity contribution >= 4 is 23.0 Å². The molecule has 0 bridgehead atoms. The fraction of sp³-hybridized carbons (Fsp3) is 0.609. The lowest BCUT2D eigenvalue weighted by molar-refractivity contribution is 0.0299. The Morgan fingerprint density at radius 1 is 1.26 bits per heavy atom. The van der Waals surface area contributed by atoms with E-state index < -0.39 is 5.66 Å². The van der Waals surface area contributed by atoms with Crippen molar-refractivity contribution < 1.29 is 9.13 Å². The summed E-state index contributed by atoms with van der Waals surface area (Å²) in [4.78, 5) is 4.57. The summed E-state index contributed by atoms with van der Waals surface area (Å²) in [7, 11) is 0. The summed E-state index contributed by atoms with van der Waals surface area (Å²) in [5.41, 5.74) is 13.5. The van der Waals surface area contributed by atoms with Crippen LogP contribution in [0.3, 0.4) is 0 Å². The summed E-state index contributed by atoms with van der Waals surface area (Å²) in [6.45, 7) is 4.30. The van der Waals surface area contributed by atoms with E-state index in [4.69, 9.17) is 27.8 Å². The fourth-order valence-electron chi connectivity index (χ4n) is 4.70. The Morgan fingerprint density at radius 2 is 1.97 bits per heavy atom. The number of nitrogens with zero attached hydrogens (tertiary/aromatic N) is 1. The smallest absolute Gasteiger partial charge is 0.165 e. The summed E-state index contributed by atoms with van der Waals surface area (Å²) < 4.78 is 20.0. The maximum absolute atomic E-state index is 14.5. The second-order valence-electron chi connectivity index (χ2n) is 9.54. The first-order valence-corrected chi connectivity index (χ1v) is 11.6. The lowest BCUT2D eigenvalue weighted by Gasteiger charge is -2.41. The number of hydrogen-bond donors (Lipinski definition) is 4. The first-order valence-electron chi connectivity index (χ1n) is 11.2. The number of ether oxygens (including phenoxy) is 1. The summed E-state index contributed by atoms with van der Waals surface area (Å²) in [5.74, 6) is 0.101. The quantitative estimate of drug-likeness (QED) is 0.547. The molecule has 170 valence electrons. The Balaban J connectivity index is 1.55. The molecular formula is C23H33ClFN5O. The van der Waals surface area contributed by atoms with Gasteiger partial charge < -0.3 is 26.8 Å². The maximum atomic E-state index is 14.5. The van der Waals surface area contributed by atoms with Gasteiger partial charge in [0.05, 0.1) is 10.7 Å². The molecule has 0 spiro atoms. The molecule has 3 heterocycles. The zero-order valence-corrected chi connectivity index (χ0v) is 18.9. The topological polar surface area (TPSA) is 98.2 Å². The van der Waals surface area contributed by atoms with Gasteiger partial charge in [-0.05, 0) is 68.1 Å². The van der Waals surface area contributed by atoms with E-state index >= 15 is 0 Å². The lowest BCUT2D eigenvalue weighted by Crippen LogP contribution is -2.58. The van der Waals surface area contributed by atoms with Gasteiger partial charge in [-0.1, -0.05) is 18.5 Å². The van der Waals surface area contributed by atoms with Crippen LogP contribution in [0.2, 0.25) is 0 Å². The first kappa shape index (κ1) is 22.5. The minimum atomic E-state index is -0.729. The number of nitrogens with two attached hydrogens (primary N) is 2. The van der Waals surface area contributed by atoms with Gasteiger partial charge in [0, 0.05) is 37.6 Å². The van der Waals surface area contributed by atoms with Crippen molar-refractivity contribution in [2.24, 2.45) is 22.8 Å². The predicted molar refractivity (Wildman–Crippen MR) is 123 cm³/mol. The number of halogens is 2. The van der Waals surface area contributed by atoms with Crippen molar-refractivity contribution in [3.8, 4) is 0 Å². The molecule has 1 atom stereocenters. The molecule has 4 rings (SSSR count). The molecule has 31 heavy (non-hydrogen) atoms. The molecule has 3 aliphatic rings. The van der Waals surface area contributed by atoms with Crippen molar-refractivity contribution in [3.63, 3.8) is 0 Å². The zero-order chi connectivity index (χ0) is 22.1. The van der Waals surface area contributed by atoms with Crippen molar-refractivity contribution in [2.45, 2.75) is 57.2 Å². The molecule has 1 aromatic rings. The van der Waals surface area contributed by atoms with Gasteiger partial charge in [0.1, 0.15) is 5.66 Å². The maximum Gasteiger partial charge on any atom is 0.165 e. The lowest BCUT2D eigenvalue weighted by atomic mass is 9.77. The van der Waals surface area contributed by atoms with E-state index in [1.807, 2.05) is 6.08 Å². The van der Waals surface area contributed by atoms with Gasteiger partial charge in [-0.25, -0.2) is 9.37 Å². The van der Waals surface area contributed by atoms with Gasteiger partial charge in [-0.3, -0.25) is 0 Å². The summed E-state index contributed by atoms with van der Waals surface area (Å²) >= 11 is 6.51. The van der Waals surface area contributed by atoms with Crippen molar-refractivity contribution in [1.29, 1.82) is 0 Å². The number of hydrogen-bond acceptors (Lipinski definition) is 6. The molecule has 0 amide bonds. The largest absolute Gasteiger partial charge is 0.381 e. The molecule has 8 heteroatoms. The van der Waals surface area contributed by atoms with Gasteiger partial charge in [-0.15, -0.1) is 0 Å². The van der Waals surface area contributed by atoms with Crippen molar-refractivity contribution in [3.05, 3.63) is 41.0 Å². The van der Waals surface area contributed by atoms with Crippen LogP contribution >= 0.6 is 11.6 Å². The Labute approximate surface area is 188 Å². The minimum absolute atomic E-state index is 0.0577. The zero-order valence-electron chi connectivity index (χ0n) is 18.1. The molecule has 1 aliphatic carbocycles. The average Bonchev–Trinajstić information content (AvgIpc) is 2.76. The first-order chi connectivity index (χ1) is 14.8. The van der Waals surface area contributed by atoms with Crippen LogP contribution in [-0.2, 0) is 4.74 Å². The summed E-state index contributed by atoms with van der Waals surface area (Å²) in [6, 6.07) is 3.33. The highest BCUT2D eigenvalue weighted by Crippen LogP contribution is 2.37. The van der Waals surface area contributed by atoms with Crippen LogP contribution in [0, 0.1) is 17.2 Å². The molecule has 1 aromatic heterocycles. The number of dihydropyridines is 1. The van der Waals surface area contributed by atoms with E-state index in [-0.39, 0.29) is 29.0 Å². The second kappa shape index (κ2) is 9.06. The third-order valence-electron chi connectivity index (χ3n) is 7.04. The molecule has 0 aromatic carbocycles. The molecule has 1 unspecified atom stereocenters. The average molecular weight is 450 g/mol. The third kappa shape index (κ3) is 5.06. The monoisotopic (exact) mass is 449 g/mol. The van der Waals surface area contributed by atoms with Crippen LogP contribution in [0.5, 0.6) is 0 Å². The van der Waals surface area contributed by atoms with Gasteiger partial charge in [-0.2, -0.15) is 0 Å². The number of anilines is 1. The Kier molecular flexibility index (Phi) is 6.58. The van der Waals surface area contributed by atoms with Crippen molar-refractivity contribution in [2.75, 3.05) is 25.1 Å². The van der Waals surface area contributed by atoms with Crippen LogP contribution in [0.4, 0.5) is 10.2 Å². The fourth-order valence-corrected chi connectivity index (χ4v) is 4.90. The van der Waals surface area contributed by atoms with Crippen LogP contribution in [0.15, 0.2) is 29.4 Å². The standard InChI is InChI=1S/C23H33ClFN5O/c1-22(8-10-31-11-9-22)14-28-21-19(25)6-7-20(30-21)17-12-23(27,29-13-18(17)24)15-2-4-16(26)5-3-15/h6-7,12-13,15-16,29H,2-5,8-11,14,26-27H2,1H3,(H,28,30). The Morgan fingerprint density at radius 3 is 2.68 bits per heavy atom. The molecule has 6 nitrogen and oxygen atoms in total. The second-order valence-corrected chi connectivity index (χ2v) is 9.95. The normalized spacial score (nSPS) is 30.7. The molecule has 1 saturated heterocycles. The molecule has 2 aliphatic heterocycles. The number of rotatable bonds is 5. The van der Waals surface area contributed by atoms with Gasteiger partial charge in [0.2, 0.25) is 0 Å². The molecule has 1 saturated carbocycles. The van der Waals surface area contributed by atoms with Crippen molar-refractivity contribution in [1.82, 2.24) is 10.3 Å². The number of pyridine rings is 1. The third-order valence-corrected chi connectivity index (χ3v) is 7.35. The van der Waals surface area contributed by atoms with E-state index in [9.17, 15) is 4.39 Å². The highest BCUT2D eigenvalue weighted by atomic mass is 35.5. The molecule has 6 N–H and O–H groups in total. The SMILES string of the molecule is CC1(CNc2nc(C3=CC(N)(C4CCC(N)CC4)NC=C3Cl)ccc2F)CCOCC1. The van der Waals surface area contributed by atoms with E-state index in [0.29, 0.717) is 17.3 Å². The van der Waals surface area contributed by atoms with E-state index in [0.717, 1.165) is 57.3 Å². The predicted octanol–water partition coefficient (Wildman–Crippen LogP) is 3.69. The highest BCUT2D eigenvalue weighted by molar-refractivity contribution is 6.37. The van der Waals surface area contributed by atoms with Crippen LogP contribution in [0.1, 0.15) is 51.1 Å². The van der Waals surface area contributed by atoms with Gasteiger partial charge >= 0.3 is 0 Å². The summed E-state index contributed by atoms with van der Waals surface area (Å²) in [6.07, 6.45) is 9.36. The van der Waals surface area contributed by atoms with E-state index in [2.05, 4.69) is 22.5 Å². The van der Waals surface area contributed by atoms with E-state index in [1.54, 1.807) is 12.3 Å².